The van der Waals surface area contributed by atoms with Gasteiger partial charge in [0.15, 0.2) is 0 Å². The van der Waals surface area contributed by atoms with Gasteiger partial charge in [0.1, 0.15) is 53.7 Å². The van der Waals surface area contributed by atoms with Gasteiger partial charge in [-0.25, -0.2) is 13.2 Å². The number of nitrogens with zero attached hydrogens (tertiary/aromatic N) is 1. The molecule has 11 heteroatoms. The molecule has 3 aromatic carbocycles. The molecule has 1 heterocycles. The van der Waals surface area contributed by atoms with Gasteiger partial charge in [-0.3, -0.25) is 14.2 Å². The average Bonchev–Trinajstić information content (AvgIpc) is 3.51. The maximum atomic E-state index is 15.0. The number of rotatable bonds is 12. The van der Waals surface area contributed by atoms with Crippen LogP contribution in [0.3, 0.4) is 0 Å². The van der Waals surface area contributed by atoms with Gasteiger partial charge in [-0.15, -0.1) is 0 Å². The number of pyridine rings is 1. The molecule has 4 aromatic rings. The molecule has 0 saturated heterocycles. The third kappa shape index (κ3) is 7.74. The second kappa shape index (κ2) is 14.7. The summed E-state index contributed by atoms with van der Waals surface area (Å²) in [7, 11) is 0. The normalized spacial score (nSPS) is 15.0. The smallest absolute Gasteiger partial charge is 0.323 e. The molecule has 0 spiro atoms. The Balaban J connectivity index is 1.44. The van der Waals surface area contributed by atoms with E-state index >= 15 is 0 Å². The fourth-order valence-corrected chi connectivity index (χ4v) is 6.05. The number of carbonyl (C=O) groups is 1. The van der Waals surface area contributed by atoms with E-state index in [1.807, 2.05) is 13.8 Å². The minimum absolute atomic E-state index is 0.0204. The molecule has 2 N–H and O–H groups in total. The number of ether oxygens (including phenoxy) is 2. The first kappa shape index (κ1) is 33.5. The number of nitrogens with one attached hydrogen (secondary N) is 1. The van der Waals surface area contributed by atoms with Gasteiger partial charge in [-0.1, -0.05) is 31.5 Å². The molecular formula is C35H36ClF3N2O5. The molecule has 0 bridgehead atoms. The van der Waals surface area contributed by atoms with Crippen LogP contribution in [-0.4, -0.2) is 47.0 Å². The van der Waals surface area contributed by atoms with Crippen molar-refractivity contribution < 1.29 is 32.5 Å². The lowest BCUT2D eigenvalue weighted by molar-refractivity contribution is -0.152. The topological polar surface area (TPSA) is 89.8 Å². The predicted molar refractivity (Wildman–Crippen MR) is 171 cm³/mol. The summed E-state index contributed by atoms with van der Waals surface area (Å²) in [6.07, 6.45) is 3.15. The van der Waals surface area contributed by atoms with Crippen molar-refractivity contribution in [2.75, 3.05) is 13.2 Å². The number of aliphatic hydroxyl groups is 1. The molecule has 1 aromatic heterocycles. The average molecular weight is 657 g/mol. The fourth-order valence-electron chi connectivity index (χ4n) is 5.78. The molecular weight excluding hydrogens is 621 g/mol. The highest BCUT2D eigenvalue weighted by Gasteiger charge is 2.27. The van der Waals surface area contributed by atoms with Crippen molar-refractivity contribution in [2.45, 2.75) is 64.2 Å². The third-order valence-corrected chi connectivity index (χ3v) is 8.30. The molecule has 46 heavy (non-hydrogen) atoms. The van der Waals surface area contributed by atoms with Crippen LogP contribution >= 0.6 is 11.6 Å². The molecule has 0 unspecified atom stereocenters. The van der Waals surface area contributed by atoms with Crippen LogP contribution in [0.2, 0.25) is 5.02 Å². The molecule has 0 amide bonds. The summed E-state index contributed by atoms with van der Waals surface area (Å²) >= 11 is 6.41. The Hall–Kier alpha value is -3.86. The molecule has 1 aliphatic carbocycles. The van der Waals surface area contributed by atoms with Crippen LogP contribution in [0.5, 0.6) is 5.75 Å². The number of hydrogen-bond donors (Lipinski definition) is 2. The van der Waals surface area contributed by atoms with Crippen molar-refractivity contribution in [3.8, 4) is 22.6 Å². The fraction of sp³-hybridized carbons (Fsp3) is 0.371. The van der Waals surface area contributed by atoms with Crippen molar-refractivity contribution >= 4 is 28.5 Å². The van der Waals surface area contributed by atoms with Crippen LogP contribution in [0.25, 0.3) is 27.7 Å². The molecule has 1 fully saturated rings. The first-order valence-corrected chi connectivity index (χ1v) is 15.7. The Bertz CT molecular complexity index is 1750. The molecule has 7 nitrogen and oxygen atoms in total. The molecule has 0 aliphatic heterocycles. The highest BCUT2D eigenvalue weighted by molar-refractivity contribution is 6.33. The van der Waals surface area contributed by atoms with Crippen LogP contribution in [0.15, 0.2) is 65.5 Å². The summed E-state index contributed by atoms with van der Waals surface area (Å²) in [5.41, 5.74) is -0.380. The van der Waals surface area contributed by atoms with Gasteiger partial charge in [-0.2, -0.15) is 0 Å². The Kier molecular flexibility index (Phi) is 10.7. The summed E-state index contributed by atoms with van der Waals surface area (Å²) in [6.45, 7) is 3.78. The lowest BCUT2D eigenvalue weighted by atomic mass is 9.99. The quantitative estimate of drug-likeness (QED) is 0.160. The Morgan fingerprint density at radius 3 is 2.41 bits per heavy atom. The third-order valence-electron chi connectivity index (χ3n) is 7.99. The van der Waals surface area contributed by atoms with E-state index in [1.54, 1.807) is 6.07 Å². The van der Waals surface area contributed by atoms with Gasteiger partial charge in [0, 0.05) is 29.6 Å². The van der Waals surface area contributed by atoms with E-state index in [2.05, 4.69) is 5.32 Å². The first-order valence-electron chi connectivity index (χ1n) is 15.4. The number of carbonyl (C=O) groups excluding carboxylic acids is 1. The van der Waals surface area contributed by atoms with Crippen LogP contribution in [-0.2, 0) is 9.53 Å². The van der Waals surface area contributed by atoms with Gasteiger partial charge in [0.2, 0.25) is 0 Å². The molecule has 5 rings (SSSR count). The predicted octanol–water partition coefficient (Wildman–Crippen LogP) is 6.96. The zero-order valence-corrected chi connectivity index (χ0v) is 26.3. The summed E-state index contributed by atoms with van der Waals surface area (Å²) in [4.78, 5) is 26.0. The number of benzene rings is 3. The van der Waals surface area contributed by atoms with Crippen LogP contribution in [0.4, 0.5) is 13.2 Å². The molecule has 0 radical (unpaired) electrons. The number of aromatic nitrogens is 1. The van der Waals surface area contributed by atoms with Crippen molar-refractivity contribution in [1.82, 2.24) is 9.88 Å². The van der Waals surface area contributed by atoms with Gasteiger partial charge < -0.3 is 19.9 Å². The minimum Gasteiger partial charge on any atom is -0.491 e. The monoisotopic (exact) mass is 656 g/mol. The second-order valence-electron chi connectivity index (χ2n) is 12.0. The Labute approximate surface area is 269 Å². The van der Waals surface area contributed by atoms with Crippen molar-refractivity contribution in [3.63, 3.8) is 0 Å². The number of aliphatic hydroxyl groups excluding tert-OH is 1. The summed E-state index contributed by atoms with van der Waals surface area (Å²) < 4.78 is 56.4. The van der Waals surface area contributed by atoms with Crippen LogP contribution in [0, 0.1) is 23.4 Å². The van der Waals surface area contributed by atoms with Gasteiger partial charge >= 0.3 is 5.97 Å². The Morgan fingerprint density at radius 1 is 1.02 bits per heavy atom. The Morgan fingerprint density at radius 2 is 1.74 bits per heavy atom. The van der Waals surface area contributed by atoms with E-state index in [1.165, 1.54) is 36.4 Å². The highest BCUT2D eigenvalue weighted by Crippen LogP contribution is 2.37. The SMILES string of the molecule is CC(C)C[C@H](NC[C@H](O)COc1cc(-c2ccc(F)cc2Cl)c2ccc(=O)n(-c3c(F)cccc3F)c2c1)C(=O)OC1CCCC1. The molecule has 2 atom stereocenters. The van der Waals surface area contributed by atoms with Gasteiger partial charge in [0.05, 0.1) is 10.5 Å². The van der Waals surface area contributed by atoms with Crippen LogP contribution in [0.1, 0.15) is 46.0 Å². The summed E-state index contributed by atoms with van der Waals surface area (Å²) in [5, 5.41) is 14.4. The number of hydrogen-bond acceptors (Lipinski definition) is 6. The number of para-hydroxylation sites is 1. The van der Waals surface area contributed by atoms with Crippen molar-refractivity contribution in [3.05, 3.63) is 93.5 Å². The van der Waals surface area contributed by atoms with Crippen molar-refractivity contribution in [2.24, 2.45) is 5.92 Å². The number of halogens is 4. The van der Waals surface area contributed by atoms with E-state index < -0.39 is 40.8 Å². The molecule has 244 valence electrons. The van der Waals surface area contributed by atoms with E-state index in [4.69, 9.17) is 21.1 Å². The second-order valence-corrected chi connectivity index (χ2v) is 12.4. The summed E-state index contributed by atoms with van der Waals surface area (Å²) in [6, 6.07) is 12.2. The zero-order chi connectivity index (χ0) is 33.0. The highest BCUT2D eigenvalue weighted by atomic mass is 35.5. The lowest BCUT2D eigenvalue weighted by Gasteiger charge is -2.23. The van der Waals surface area contributed by atoms with Gasteiger partial charge in [0.25, 0.3) is 5.56 Å². The van der Waals surface area contributed by atoms with E-state index in [0.717, 1.165) is 48.4 Å². The number of fused-ring (bicyclic) bond motifs is 1. The lowest BCUT2D eigenvalue weighted by Crippen LogP contribution is -2.44. The summed E-state index contributed by atoms with van der Waals surface area (Å²) in [5.74, 6) is -2.46. The van der Waals surface area contributed by atoms with E-state index in [9.17, 15) is 27.9 Å². The largest absolute Gasteiger partial charge is 0.491 e. The van der Waals surface area contributed by atoms with E-state index in [0.29, 0.717) is 22.9 Å². The molecule has 1 saturated carbocycles. The van der Waals surface area contributed by atoms with Crippen molar-refractivity contribution in [1.29, 1.82) is 0 Å². The van der Waals surface area contributed by atoms with Crippen LogP contribution < -0.4 is 15.6 Å². The maximum Gasteiger partial charge on any atom is 0.323 e. The minimum atomic E-state index is -1.07. The molecule has 1 aliphatic rings. The zero-order valence-electron chi connectivity index (χ0n) is 25.6. The van der Waals surface area contributed by atoms with Gasteiger partial charge in [-0.05, 0) is 86.1 Å². The number of esters is 1. The maximum absolute atomic E-state index is 15.0. The van der Waals surface area contributed by atoms with E-state index in [-0.39, 0.29) is 47.4 Å². The first-order chi connectivity index (χ1) is 22.0. The standard InChI is InChI=1S/C35H36ClF3N2O5/c1-20(2)14-31(35(44)46-23-6-3-4-7-23)40-18-22(42)19-45-24-16-27(25-11-10-21(37)15-28(25)36)26-12-13-33(43)41(32(26)17-24)34-29(38)8-5-9-30(34)39/h5,8-13,15-17,20,22-23,31,40,42H,3-4,6-7,14,18-19H2,1-2H3/t22-,31-/m0/s1.